The number of amides is 1. The number of carbonyl (C=O) groups excluding carboxylic acids is 1. The Labute approximate surface area is 170 Å². The fraction of sp³-hybridized carbons (Fsp3) is 0.105. The Morgan fingerprint density at radius 1 is 1.11 bits per heavy atom. The van der Waals surface area contributed by atoms with E-state index in [1.165, 1.54) is 24.3 Å². The van der Waals surface area contributed by atoms with Crippen LogP contribution in [0.3, 0.4) is 0 Å². The number of hydrogen-bond acceptors (Lipinski definition) is 6. The van der Waals surface area contributed by atoms with Gasteiger partial charge in [0.15, 0.2) is 5.65 Å². The van der Waals surface area contributed by atoms with Crippen molar-refractivity contribution in [1.29, 1.82) is 0 Å². The SMILES string of the molecule is C[C@@H](Sc1ncnc2c1cnn2-c1ccccc1)C(=O)Nc1ccc(Cl)cn1. The van der Waals surface area contributed by atoms with Crippen LogP contribution in [0.4, 0.5) is 5.82 Å². The number of thioether (sulfide) groups is 1. The van der Waals surface area contributed by atoms with Gasteiger partial charge in [-0.15, -0.1) is 0 Å². The lowest BCUT2D eigenvalue weighted by molar-refractivity contribution is -0.115. The third-order valence-corrected chi connectivity index (χ3v) is 5.31. The summed E-state index contributed by atoms with van der Waals surface area (Å²) in [5, 5.41) is 8.81. The van der Waals surface area contributed by atoms with Gasteiger partial charge in [-0.3, -0.25) is 4.79 Å². The molecule has 4 aromatic rings. The molecule has 1 atom stereocenters. The average molecular weight is 411 g/mol. The third-order valence-electron chi connectivity index (χ3n) is 3.97. The molecular formula is C19H15ClN6OS. The number of pyridine rings is 1. The van der Waals surface area contributed by atoms with E-state index in [9.17, 15) is 4.79 Å². The Hall–Kier alpha value is -2.97. The van der Waals surface area contributed by atoms with Gasteiger partial charge in [-0.1, -0.05) is 41.6 Å². The molecule has 0 saturated carbocycles. The second kappa shape index (κ2) is 7.95. The van der Waals surface area contributed by atoms with Crippen LogP contribution >= 0.6 is 23.4 Å². The summed E-state index contributed by atoms with van der Waals surface area (Å²) >= 11 is 7.16. The predicted molar refractivity (Wildman–Crippen MR) is 110 cm³/mol. The second-order valence-corrected chi connectivity index (χ2v) is 7.68. The molecule has 0 spiro atoms. The molecule has 0 unspecified atom stereocenters. The zero-order valence-corrected chi connectivity index (χ0v) is 16.4. The smallest absolute Gasteiger partial charge is 0.238 e. The molecular weight excluding hydrogens is 396 g/mol. The molecule has 7 nitrogen and oxygen atoms in total. The summed E-state index contributed by atoms with van der Waals surface area (Å²) in [6, 6.07) is 13.1. The lowest BCUT2D eigenvalue weighted by Crippen LogP contribution is -2.23. The molecule has 28 heavy (non-hydrogen) atoms. The number of rotatable bonds is 5. The summed E-state index contributed by atoms with van der Waals surface area (Å²) in [5.74, 6) is 0.272. The second-order valence-electron chi connectivity index (χ2n) is 5.92. The first kappa shape index (κ1) is 18.4. The van der Waals surface area contributed by atoms with E-state index in [1.807, 2.05) is 37.3 Å². The van der Waals surface area contributed by atoms with Crippen molar-refractivity contribution < 1.29 is 4.79 Å². The van der Waals surface area contributed by atoms with Crippen LogP contribution in [0.1, 0.15) is 6.92 Å². The van der Waals surface area contributed by atoms with Gasteiger partial charge in [0.05, 0.1) is 27.5 Å². The van der Waals surface area contributed by atoms with E-state index in [-0.39, 0.29) is 5.91 Å². The van der Waals surface area contributed by atoms with Crippen LogP contribution in [0.2, 0.25) is 5.02 Å². The summed E-state index contributed by atoms with van der Waals surface area (Å²) < 4.78 is 1.75. The maximum atomic E-state index is 12.5. The van der Waals surface area contributed by atoms with Crippen molar-refractivity contribution in [3.8, 4) is 5.69 Å². The molecule has 3 aromatic heterocycles. The van der Waals surface area contributed by atoms with Gasteiger partial charge >= 0.3 is 0 Å². The highest BCUT2D eigenvalue weighted by atomic mass is 35.5. The highest BCUT2D eigenvalue weighted by molar-refractivity contribution is 8.00. The maximum Gasteiger partial charge on any atom is 0.238 e. The highest BCUT2D eigenvalue weighted by Gasteiger charge is 2.19. The minimum absolute atomic E-state index is 0.179. The number of halogens is 1. The largest absolute Gasteiger partial charge is 0.310 e. The van der Waals surface area contributed by atoms with Crippen molar-refractivity contribution in [2.24, 2.45) is 0 Å². The normalized spacial score (nSPS) is 12.1. The Kier molecular flexibility index (Phi) is 5.23. The van der Waals surface area contributed by atoms with Crippen LogP contribution in [0.5, 0.6) is 0 Å². The molecule has 9 heteroatoms. The summed E-state index contributed by atoms with van der Waals surface area (Å²) in [7, 11) is 0. The quantitative estimate of drug-likeness (QED) is 0.395. The summed E-state index contributed by atoms with van der Waals surface area (Å²) in [4.78, 5) is 25.3. The zero-order chi connectivity index (χ0) is 19.5. The van der Waals surface area contributed by atoms with Crippen LogP contribution in [0, 0.1) is 0 Å². The number of anilines is 1. The van der Waals surface area contributed by atoms with Crippen LogP contribution in [0.15, 0.2) is 66.2 Å². The molecule has 0 radical (unpaired) electrons. The molecule has 1 aromatic carbocycles. The fourth-order valence-corrected chi connectivity index (χ4v) is 3.56. The summed E-state index contributed by atoms with van der Waals surface area (Å²) in [6.45, 7) is 1.81. The number of benzene rings is 1. The van der Waals surface area contributed by atoms with Gasteiger partial charge in [0.25, 0.3) is 0 Å². The van der Waals surface area contributed by atoms with Gasteiger partial charge in [-0.25, -0.2) is 19.6 Å². The van der Waals surface area contributed by atoms with Gasteiger partial charge < -0.3 is 5.32 Å². The first-order chi connectivity index (χ1) is 13.6. The van der Waals surface area contributed by atoms with E-state index in [2.05, 4.69) is 25.4 Å². The lowest BCUT2D eigenvalue weighted by atomic mass is 10.3. The first-order valence-corrected chi connectivity index (χ1v) is 9.71. The maximum absolute atomic E-state index is 12.5. The zero-order valence-electron chi connectivity index (χ0n) is 14.8. The Bertz CT molecular complexity index is 1120. The van der Waals surface area contributed by atoms with E-state index >= 15 is 0 Å². The van der Waals surface area contributed by atoms with Crippen LogP contribution in [-0.4, -0.2) is 35.9 Å². The van der Waals surface area contributed by atoms with E-state index in [0.717, 1.165) is 11.1 Å². The van der Waals surface area contributed by atoms with Crippen LogP contribution < -0.4 is 5.32 Å². The van der Waals surface area contributed by atoms with Crippen molar-refractivity contribution in [3.05, 3.63) is 66.2 Å². The minimum Gasteiger partial charge on any atom is -0.310 e. The van der Waals surface area contributed by atoms with Gasteiger partial charge in [-0.2, -0.15) is 5.10 Å². The lowest BCUT2D eigenvalue weighted by Gasteiger charge is -2.11. The van der Waals surface area contributed by atoms with E-state index in [1.54, 1.807) is 23.0 Å². The Balaban J connectivity index is 1.55. The van der Waals surface area contributed by atoms with Gasteiger partial charge in [0.2, 0.25) is 5.91 Å². The first-order valence-electron chi connectivity index (χ1n) is 8.45. The average Bonchev–Trinajstić information content (AvgIpc) is 3.15. The van der Waals surface area contributed by atoms with Gasteiger partial charge in [0.1, 0.15) is 17.2 Å². The Morgan fingerprint density at radius 3 is 2.68 bits per heavy atom. The van der Waals surface area contributed by atoms with Gasteiger partial charge in [0, 0.05) is 6.20 Å². The van der Waals surface area contributed by atoms with Crippen LogP contribution in [-0.2, 0) is 4.79 Å². The van der Waals surface area contributed by atoms with E-state index in [4.69, 9.17) is 11.6 Å². The predicted octanol–water partition coefficient (Wildman–Crippen LogP) is 3.98. The van der Waals surface area contributed by atoms with Crippen LogP contribution in [0.25, 0.3) is 16.7 Å². The van der Waals surface area contributed by atoms with Crippen molar-refractivity contribution in [2.75, 3.05) is 5.32 Å². The van der Waals surface area contributed by atoms with Crippen molar-refractivity contribution in [1.82, 2.24) is 24.7 Å². The molecule has 0 bridgehead atoms. The Morgan fingerprint density at radius 2 is 1.93 bits per heavy atom. The van der Waals surface area contributed by atoms with E-state index < -0.39 is 5.25 Å². The fourth-order valence-electron chi connectivity index (χ4n) is 2.57. The molecule has 3 heterocycles. The van der Waals surface area contributed by atoms with Crippen molar-refractivity contribution >= 4 is 46.1 Å². The molecule has 0 fully saturated rings. The number of carbonyl (C=O) groups is 1. The number of para-hydroxylation sites is 1. The molecule has 1 amide bonds. The summed E-state index contributed by atoms with van der Waals surface area (Å²) in [6.07, 6.45) is 4.69. The standard InChI is InChI=1S/C19H15ClN6OS/c1-12(18(27)25-16-8-7-13(20)9-21-16)28-19-15-10-24-26(17(15)22-11-23-19)14-5-3-2-4-6-14/h2-12H,1H3,(H,21,25,27)/t12-/m1/s1. The summed E-state index contributed by atoms with van der Waals surface area (Å²) in [5.41, 5.74) is 1.60. The molecule has 0 aliphatic rings. The molecule has 0 aliphatic heterocycles. The number of hydrogen-bond donors (Lipinski definition) is 1. The molecule has 140 valence electrons. The molecule has 0 aliphatic carbocycles. The third kappa shape index (κ3) is 3.83. The topological polar surface area (TPSA) is 85.6 Å². The number of fused-ring (bicyclic) bond motifs is 1. The van der Waals surface area contributed by atoms with E-state index in [0.29, 0.717) is 21.5 Å². The molecule has 4 rings (SSSR count). The number of nitrogens with zero attached hydrogens (tertiary/aromatic N) is 5. The minimum atomic E-state index is -0.393. The van der Waals surface area contributed by atoms with Gasteiger partial charge in [-0.05, 0) is 31.2 Å². The van der Waals surface area contributed by atoms with Crippen molar-refractivity contribution in [2.45, 2.75) is 17.2 Å². The highest BCUT2D eigenvalue weighted by Crippen LogP contribution is 2.29. The molecule has 1 N–H and O–H groups in total. The monoisotopic (exact) mass is 410 g/mol. The molecule has 0 saturated heterocycles. The number of nitrogens with one attached hydrogen (secondary N) is 1. The van der Waals surface area contributed by atoms with Crippen molar-refractivity contribution in [3.63, 3.8) is 0 Å². The number of aromatic nitrogens is 5.